The Morgan fingerprint density at radius 2 is 2.15 bits per heavy atom. The van der Waals surface area contributed by atoms with E-state index in [1.165, 1.54) is 6.07 Å². The van der Waals surface area contributed by atoms with Crippen LogP contribution >= 0.6 is 0 Å². The van der Waals surface area contributed by atoms with Crippen molar-refractivity contribution in [3.63, 3.8) is 0 Å². The standard InChI is InChI=1S/C14H22N4O2/c1-3-16(4-2)12-7-8-17(10-12)11-5-6-14(18(19)20)13(15)9-11/h5-6,9,12H,3-4,7-8,10,15H2,1-2H3. The molecule has 0 spiro atoms. The number of nitrogens with two attached hydrogens (primary N) is 1. The predicted octanol–water partition coefficient (Wildman–Crippen LogP) is 2.10. The lowest BCUT2D eigenvalue weighted by Crippen LogP contribution is -2.37. The van der Waals surface area contributed by atoms with E-state index in [4.69, 9.17) is 5.73 Å². The molecule has 1 aromatic carbocycles. The minimum absolute atomic E-state index is 0.0201. The van der Waals surface area contributed by atoms with Crippen molar-refractivity contribution in [2.24, 2.45) is 0 Å². The Morgan fingerprint density at radius 1 is 1.45 bits per heavy atom. The summed E-state index contributed by atoms with van der Waals surface area (Å²) in [5, 5.41) is 10.8. The van der Waals surface area contributed by atoms with E-state index in [1.54, 1.807) is 12.1 Å². The fourth-order valence-electron chi connectivity index (χ4n) is 2.92. The molecule has 1 atom stereocenters. The summed E-state index contributed by atoms with van der Waals surface area (Å²) in [7, 11) is 0. The van der Waals surface area contributed by atoms with Crippen molar-refractivity contribution in [2.75, 3.05) is 36.8 Å². The Hall–Kier alpha value is -1.82. The van der Waals surface area contributed by atoms with E-state index in [9.17, 15) is 10.1 Å². The smallest absolute Gasteiger partial charge is 0.292 e. The molecule has 0 amide bonds. The maximum atomic E-state index is 10.8. The van der Waals surface area contributed by atoms with E-state index in [-0.39, 0.29) is 11.4 Å². The van der Waals surface area contributed by atoms with Gasteiger partial charge >= 0.3 is 0 Å². The number of hydrogen-bond acceptors (Lipinski definition) is 5. The second kappa shape index (κ2) is 6.09. The van der Waals surface area contributed by atoms with Crippen LogP contribution in [-0.2, 0) is 0 Å². The molecule has 6 heteroatoms. The zero-order valence-electron chi connectivity index (χ0n) is 12.1. The van der Waals surface area contributed by atoms with Crippen LogP contribution in [0, 0.1) is 10.1 Å². The highest BCUT2D eigenvalue weighted by molar-refractivity contribution is 5.66. The van der Waals surface area contributed by atoms with Crippen molar-refractivity contribution >= 4 is 17.1 Å². The van der Waals surface area contributed by atoms with Crippen molar-refractivity contribution in [1.82, 2.24) is 4.90 Å². The van der Waals surface area contributed by atoms with Gasteiger partial charge in [-0.3, -0.25) is 15.0 Å². The molecule has 1 fully saturated rings. The highest BCUT2D eigenvalue weighted by Gasteiger charge is 2.27. The first-order valence-electron chi connectivity index (χ1n) is 7.09. The molecule has 2 rings (SSSR count). The Morgan fingerprint density at radius 3 is 2.70 bits per heavy atom. The summed E-state index contributed by atoms with van der Waals surface area (Å²) in [5.74, 6) is 0. The topological polar surface area (TPSA) is 75.6 Å². The summed E-state index contributed by atoms with van der Waals surface area (Å²) in [6.45, 7) is 8.39. The first kappa shape index (κ1) is 14.6. The van der Waals surface area contributed by atoms with Gasteiger partial charge in [-0.1, -0.05) is 13.8 Å². The number of nitro groups is 1. The average Bonchev–Trinajstić information content (AvgIpc) is 2.89. The molecule has 1 unspecified atom stereocenters. The van der Waals surface area contributed by atoms with Gasteiger partial charge in [0, 0.05) is 30.9 Å². The highest BCUT2D eigenvalue weighted by Crippen LogP contribution is 2.29. The van der Waals surface area contributed by atoms with E-state index in [0.717, 1.165) is 38.3 Å². The van der Waals surface area contributed by atoms with E-state index in [1.807, 2.05) is 0 Å². The first-order chi connectivity index (χ1) is 9.56. The number of benzene rings is 1. The van der Waals surface area contributed by atoms with Crippen molar-refractivity contribution in [1.29, 1.82) is 0 Å². The number of rotatable bonds is 5. The maximum absolute atomic E-state index is 10.8. The van der Waals surface area contributed by atoms with Gasteiger partial charge in [-0.25, -0.2) is 0 Å². The van der Waals surface area contributed by atoms with Crippen molar-refractivity contribution in [3.8, 4) is 0 Å². The van der Waals surface area contributed by atoms with Crippen molar-refractivity contribution in [3.05, 3.63) is 28.3 Å². The molecule has 0 aliphatic carbocycles. The molecule has 1 aliphatic heterocycles. The van der Waals surface area contributed by atoms with Gasteiger partial charge in [0.2, 0.25) is 0 Å². The number of likely N-dealkylation sites (N-methyl/N-ethyl adjacent to an activating group) is 1. The van der Waals surface area contributed by atoms with Crippen LogP contribution in [0.1, 0.15) is 20.3 Å². The average molecular weight is 278 g/mol. The lowest BCUT2D eigenvalue weighted by Gasteiger charge is -2.26. The molecule has 0 saturated carbocycles. The Bertz CT molecular complexity index is 488. The lowest BCUT2D eigenvalue weighted by molar-refractivity contribution is -0.383. The van der Waals surface area contributed by atoms with E-state index < -0.39 is 4.92 Å². The van der Waals surface area contributed by atoms with Gasteiger partial charge < -0.3 is 10.6 Å². The summed E-state index contributed by atoms with van der Waals surface area (Å²) in [6.07, 6.45) is 1.12. The first-order valence-corrected chi connectivity index (χ1v) is 7.09. The second-order valence-corrected chi connectivity index (χ2v) is 5.11. The molecule has 1 saturated heterocycles. The number of anilines is 2. The summed E-state index contributed by atoms with van der Waals surface area (Å²) in [4.78, 5) is 15.0. The fraction of sp³-hybridized carbons (Fsp3) is 0.571. The molecule has 0 radical (unpaired) electrons. The summed E-state index contributed by atoms with van der Waals surface area (Å²) < 4.78 is 0. The number of nitrogen functional groups attached to an aromatic ring is 1. The maximum Gasteiger partial charge on any atom is 0.292 e. The van der Waals surface area contributed by atoms with Gasteiger partial charge in [-0.15, -0.1) is 0 Å². The summed E-state index contributed by atoms with van der Waals surface area (Å²) in [5.41, 5.74) is 6.95. The highest BCUT2D eigenvalue weighted by atomic mass is 16.6. The van der Waals surface area contributed by atoms with E-state index in [2.05, 4.69) is 23.6 Å². The molecule has 2 N–H and O–H groups in total. The van der Waals surface area contributed by atoms with Gasteiger partial charge in [0.1, 0.15) is 5.69 Å². The second-order valence-electron chi connectivity index (χ2n) is 5.11. The Kier molecular flexibility index (Phi) is 4.44. The van der Waals surface area contributed by atoms with Gasteiger partial charge in [-0.05, 0) is 31.6 Å². The number of nitro benzene ring substituents is 1. The van der Waals surface area contributed by atoms with Crippen LogP contribution in [0.2, 0.25) is 0 Å². The van der Waals surface area contributed by atoms with Crippen LogP contribution in [-0.4, -0.2) is 42.0 Å². The van der Waals surface area contributed by atoms with E-state index in [0.29, 0.717) is 6.04 Å². The zero-order valence-corrected chi connectivity index (χ0v) is 12.1. The molecular formula is C14H22N4O2. The molecular weight excluding hydrogens is 256 g/mol. The van der Waals surface area contributed by atoms with Crippen LogP contribution < -0.4 is 10.6 Å². The normalized spacial score (nSPS) is 18.8. The van der Waals surface area contributed by atoms with Crippen LogP contribution in [0.4, 0.5) is 17.1 Å². The third-order valence-electron chi connectivity index (χ3n) is 4.07. The molecule has 0 bridgehead atoms. The SMILES string of the molecule is CCN(CC)C1CCN(c2ccc([N+](=O)[O-])c(N)c2)C1. The Labute approximate surface area is 119 Å². The molecule has 0 aromatic heterocycles. The molecule has 110 valence electrons. The predicted molar refractivity (Wildman–Crippen MR) is 81.0 cm³/mol. The Balaban J connectivity index is 2.10. The van der Waals surface area contributed by atoms with Crippen LogP contribution in [0.5, 0.6) is 0 Å². The molecule has 1 aliphatic rings. The molecule has 1 heterocycles. The molecule has 6 nitrogen and oxygen atoms in total. The van der Waals surface area contributed by atoms with Crippen LogP contribution in [0.3, 0.4) is 0 Å². The van der Waals surface area contributed by atoms with Gasteiger partial charge in [-0.2, -0.15) is 0 Å². The summed E-state index contributed by atoms with van der Waals surface area (Å²) >= 11 is 0. The third kappa shape index (κ3) is 2.85. The minimum Gasteiger partial charge on any atom is -0.393 e. The monoisotopic (exact) mass is 278 g/mol. The quantitative estimate of drug-likeness (QED) is 0.507. The number of hydrogen-bond donors (Lipinski definition) is 1. The molecule has 1 aromatic rings. The van der Waals surface area contributed by atoms with Crippen LogP contribution in [0.25, 0.3) is 0 Å². The number of nitrogens with zero attached hydrogens (tertiary/aromatic N) is 3. The van der Waals surface area contributed by atoms with Gasteiger partial charge in [0.15, 0.2) is 0 Å². The van der Waals surface area contributed by atoms with Gasteiger partial charge in [0.25, 0.3) is 5.69 Å². The zero-order chi connectivity index (χ0) is 14.7. The fourth-order valence-corrected chi connectivity index (χ4v) is 2.92. The summed E-state index contributed by atoms with van der Waals surface area (Å²) in [6, 6.07) is 5.55. The van der Waals surface area contributed by atoms with Gasteiger partial charge in [0.05, 0.1) is 4.92 Å². The largest absolute Gasteiger partial charge is 0.393 e. The van der Waals surface area contributed by atoms with Crippen LogP contribution in [0.15, 0.2) is 18.2 Å². The van der Waals surface area contributed by atoms with Crippen molar-refractivity contribution < 1.29 is 4.92 Å². The third-order valence-corrected chi connectivity index (χ3v) is 4.07. The van der Waals surface area contributed by atoms with Crippen molar-refractivity contribution in [2.45, 2.75) is 26.3 Å². The lowest BCUT2D eigenvalue weighted by atomic mass is 10.2. The van der Waals surface area contributed by atoms with E-state index >= 15 is 0 Å². The molecule has 20 heavy (non-hydrogen) atoms. The minimum atomic E-state index is -0.443.